The highest BCUT2D eigenvalue weighted by atomic mass is 16.2. The lowest BCUT2D eigenvalue weighted by molar-refractivity contribution is -0.140. The van der Waals surface area contributed by atoms with Crippen molar-refractivity contribution in [3.05, 3.63) is 71.3 Å². The van der Waals surface area contributed by atoms with Crippen LogP contribution in [0.3, 0.4) is 0 Å². The Morgan fingerprint density at radius 1 is 1.00 bits per heavy atom. The first kappa shape index (κ1) is 21.7. The molecule has 150 valence electrons. The van der Waals surface area contributed by atoms with Crippen molar-refractivity contribution in [2.45, 2.75) is 59.0 Å². The number of rotatable bonds is 9. The summed E-state index contributed by atoms with van der Waals surface area (Å²) >= 11 is 0. The van der Waals surface area contributed by atoms with Gasteiger partial charge in [0.1, 0.15) is 6.04 Å². The molecule has 2 amide bonds. The minimum absolute atomic E-state index is 0.00714. The molecule has 4 nitrogen and oxygen atoms in total. The average Bonchev–Trinajstić information content (AvgIpc) is 2.65. The standard InChI is InChI=1S/C24H32N2O2/c1-5-22(24(28)25-18(2)3)26(15-14-20-11-7-6-8-12-20)23(27)17-21-13-9-10-19(4)16-21/h6-13,16,18,22H,5,14-15,17H2,1-4H3,(H,25,28)/t22-/m1/s1. The fourth-order valence-electron chi connectivity index (χ4n) is 3.37. The third-order valence-electron chi connectivity index (χ3n) is 4.74. The van der Waals surface area contributed by atoms with Gasteiger partial charge in [-0.25, -0.2) is 0 Å². The average molecular weight is 381 g/mol. The number of amides is 2. The zero-order valence-corrected chi connectivity index (χ0v) is 17.4. The summed E-state index contributed by atoms with van der Waals surface area (Å²) in [5.41, 5.74) is 3.27. The minimum Gasteiger partial charge on any atom is -0.352 e. The second-order valence-electron chi connectivity index (χ2n) is 7.58. The second-order valence-corrected chi connectivity index (χ2v) is 7.58. The smallest absolute Gasteiger partial charge is 0.242 e. The number of hydrogen-bond acceptors (Lipinski definition) is 2. The summed E-state index contributed by atoms with van der Waals surface area (Å²) in [4.78, 5) is 27.7. The fourth-order valence-corrected chi connectivity index (χ4v) is 3.37. The monoisotopic (exact) mass is 380 g/mol. The van der Waals surface area contributed by atoms with Crippen LogP contribution in [0.5, 0.6) is 0 Å². The Hall–Kier alpha value is -2.62. The van der Waals surface area contributed by atoms with E-state index < -0.39 is 6.04 Å². The third kappa shape index (κ3) is 6.52. The summed E-state index contributed by atoms with van der Waals surface area (Å²) in [5.74, 6) is -0.0876. The minimum atomic E-state index is -0.455. The zero-order chi connectivity index (χ0) is 20.5. The molecule has 0 unspecified atom stereocenters. The highest BCUT2D eigenvalue weighted by molar-refractivity contribution is 5.88. The number of benzene rings is 2. The van der Waals surface area contributed by atoms with Gasteiger partial charge in [0, 0.05) is 12.6 Å². The number of carbonyl (C=O) groups is 2. The Balaban J connectivity index is 2.20. The number of nitrogens with one attached hydrogen (secondary N) is 1. The summed E-state index contributed by atoms with van der Waals surface area (Å²) in [7, 11) is 0. The molecule has 28 heavy (non-hydrogen) atoms. The van der Waals surface area contributed by atoms with Crippen molar-refractivity contribution in [3.8, 4) is 0 Å². The Kier molecular flexibility index (Phi) is 8.24. The van der Waals surface area contributed by atoms with Gasteiger partial charge in [0.15, 0.2) is 0 Å². The molecular formula is C24H32N2O2. The molecule has 0 heterocycles. The van der Waals surface area contributed by atoms with Crippen LogP contribution in [0.15, 0.2) is 54.6 Å². The van der Waals surface area contributed by atoms with Crippen molar-refractivity contribution >= 4 is 11.8 Å². The van der Waals surface area contributed by atoms with E-state index in [4.69, 9.17) is 0 Å². The van der Waals surface area contributed by atoms with Gasteiger partial charge in [-0.3, -0.25) is 9.59 Å². The Morgan fingerprint density at radius 3 is 2.29 bits per heavy atom. The molecule has 0 bridgehead atoms. The van der Waals surface area contributed by atoms with Gasteiger partial charge >= 0.3 is 0 Å². The van der Waals surface area contributed by atoms with E-state index in [1.807, 2.05) is 70.2 Å². The molecule has 2 aromatic carbocycles. The molecule has 0 aromatic heterocycles. The van der Waals surface area contributed by atoms with Crippen LogP contribution in [0.4, 0.5) is 0 Å². The van der Waals surface area contributed by atoms with Gasteiger partial charge in [-0.15, -0.1) is 0 Å². The summed E-state index contributed by atoms with van der Waals surface area (Å²) < 4.78 is 0. The quantitative estimate of drug-likeness (QED) is 0.717. The van der Waals surface area contributed by atoms with Crippen molar-refractivity contribution in [2.75, 3.05) is 6.54 Å². The second kappa shape index (κ2) is 10.6. The molecule has 0 spiro atoms. The van der Waals surface area contributed by atoms with Gasteiger partial charge in [0.25, 0.3) is 0 Å². The van der Waals surface area contributed by atoms with E-state index in [0.717, 1.165) is 23.1 Å². The van der Waals surface area contributed by atoms with Crippen molar-refractivity contribution in [1.82, 2.24) is 10.2 Å². The number of carbonyl (C=O) groups excluding carboxylic acids is 2. The fraction of sp³-hybridized carbons (Fsp3) is 0.417. The summed E-state index contributed by atoms with van der Waals surface area (Å²) in [6.45, 7) is 8.38. The molecule has 2 aromatic rings. The molecule has 0 saturated heterocycles. The van der Waals surface area contributed by atoms with Crippen LogP contribution in [0, 0.1) is 6.92 Å². The SMILES string of the molecule is CC[C@H](C(=O)NC(C)C)N(CCc1ccccc1)C(=O)Cc1cccc(C)c1. The maximum absolute atomic E-state index is 13.2. The van der Waals surface area contributed by atoms with Gasteiger partial charge in [0.05, 0.1) is 6.42 Å². The molecule has 0 saturated carbocycles. The van der Waals surface area contributed by atoms with Crippen LogP contribution in [0.1, 0.15) is 43.9 Å². The molecule has 4 heteroatoms. The van der Waals surface area contributed by atoms with Crippen molar-refractivity contribution in [3.63, 3.8) is 0 Å². The number of aryl methyl sites for hydroxylation is 1. The highest BCUT2D eigenvalue weighted by Crippen LogP contribution is 2.13. The van der Waals surface area contributed by atoms with Crippen molar-refractivity contribution < 1.29 is 9.59 Å². The Bertz CT molecular complexity index is 771. The molecule has 0 fully saturated rings. The van der Waals surface area contributed by atoms with Gasteiger partial charge in [-0.1, -0.05) is 67.1 Å². The normalized spacial score (nSPS) is 11.9. The molecule has 0 aliphatic rings. The van der Waals surface area contributed by atoms with Gasteiger partial charge < -0.3 is 10.2 Å². The summed E-state index contributed by atoms with van der Waals surface area (Å²) in [6, 6.07) is 17.7. The number of hydrogen-bond donors (Lipinski definition) is 1. The maximum Gasteiger partial charge on any atom is 0.242 e. The Labute approximate surface area is 169 Å². The summed E-state index contributed by atoms with van der Waals surface area (Å²) in [6.07, 6.45) is 1.63. The topological polar surface area (TPSA) is 49.4 Å². The predicted molar refractivity (Wildman–Crippen MR) is 114 cm³/mol. The van der Waals surface area contributed by atoms with Gasteiger partial charge in [-0.05, 0) is 44.7 Å². The predicted octanol–water partition coefficient (Wildman–Crippen LogP) is 3.91. The number of nitrogens with zero attached hydrogens (tertiary/aromatic N) is 1. The zero-order valence-electron chi connectivity index (χ0n) is 17.4. The van der Waals surface area contributed by atoms with Crippen LogP contribution >= 0.6 is 0 Å². The molecule has 1 atom stereocenters. The Morgan fingerprint density at radius 2 is 1.68 bits per heavy atom. The van der Waals surface area contributed by atoms with Crippen LogP contribution < -0.4 is 5.32 Å². The third-order valence-corrected chi connectivity index (χ3v) is 4.74. The van der Waals surface area contributed by atoms with E-state index in [-0.39, 0.29) is 17.9 Å². The van der Waals surface area contributed by atoms with E-state index in [1.165, 1.54) is 0 Å². The van der Waals surface area contributed by atoms with E-state index in [1.54, 1.807) is 4.90 Å². The summed E-state index contributed by atoms with van der Waals surface area (Å²) in [5, 5.41) is 2.97. The van der Waals surface area contributed by atoms with E-state index in [9.17, 15) is 9.59 Å². The molecular weight excluding hydrogens is 348 g/mol. The lowest BCUT2D eigenvalue weighted by Gasteiger charge is -2.31. The van der Waals surface area contributed by atoms with Crippen molar-refractivity contribution in [2.24, 2.45) is 0 Å². The van der Waals surface area contributed by atoms with Gasteiger partial charge in [-0.2, -0.15) is 0 Å². The van der Waals surface area contributed by atoms with Gasteiger partial charge in [0.2, 0.25) is 11.8 Å². The molecule has 0 aliphatic carbocycles. The first-order valence-corrected chi connectivity index (χ1v) is 10.1. The van der Waals surface area contributed by atoms with Crippen LogP contribution in [0.2, 0.25) is 0 Å². The van der Waals surface area contributed by atoms with Crippen LogP contribution in [0.25, 0.3) is 0 Å². The van der Waals surface area contributed by atoms with E-state index >= 15 is 0 Å². The molecule has 1 N–H and O–H groups in total. The van der Waals surface area contributed by atoms with Crippen LogP contribution in [-0.2, 0) is 22.4 Å². The first-order chi connectivity index (χ1) is 13.4. The molecule has 0 aliphatic heterocycles. The van der Waals surface area contributed by atoms with Crippen molar-refractivity contribution in [1.29, 1.82) is 0 Å². The van der Waals surface area contributed by atoms with Crippen LogP contribution in [-0.4, -0.2) is 35.3 Å². The first-order valence-electron chi connectivity index (χ1n) is 10.1. The lowest BCUT2D eigenvalue weighted by Crippen LogP contribution is -2.51. The van der Waals surface area contributed by atoms with E-state index in [0.29, 0.717) is 19.4 Å². The maximum atomic E-state index is 13.2. The molecule has 0 radical (unpaired) electrons. The largest absolute Gasteiger partial charge is 0.352 e. The highest BCUT2D eigenvalue weighted by Gasteiger charge is 2.28. The lowest BCUT2D eigenvalue weighted by atomic mass is 10.0. The van der Waals surface area contributed by atoms with E-state index in [2.05, 4.69) is 17.4 Å². The molecule has 2 rings (SSSR count).